The van der Waals surface area contributed by atoms with E-state index in [-0.39, 0.29) is 24.9 Å². The molecule has 5 N–H and O–H groups in total. The summed E-state index contributed by atoms with van der Waals surface area (Å²) in [5, 5.41) is 23.3. The molecule has 1 heterocycles. The summed E-state index contributed by atoms with van der Waals surface area (Å²) in [4.78, 5) is 11.8. The molecule has 0 aliphatic heterocycles. The van der Waals surface area contributed by atoms with Gasteiger partial charge in [-0.05, 0) is 17.7 Å². The van der Waals surface area contributed by atoms with E-state index < -0.39 is 5.82 Å². The van der Waals surface area contributed by atoms with Gasteiger partial charge < -0.3 is 21.5 Å². The first kappa shape index (κ1) is 18.8. The standard InChI is InChI=1S/C17H18FN7O/c18-15-11-23-17(24-14(8-20)10-21-4-5-26)25-16(15)22-9-13-3-1-2-12(6-13)7-19/h1-3,6,8,10-11,26H,4-5,9,20H2,(H2,22,23,24,25). The number of nitriles is 1. The van der Waals surface area contributed by atoms with Crippen molar-refractivity contribution in [3.63, 3.8) is 0 Å². The van der Waals surface area contributed by atoms with E-state index >= 15 is 0 Å². The number of aliphatic hydroxyl groups is 1. The summed E-state index contributed by atoms with van der Waals surface area (Å²) in [6.07, 6.45) is 3.71. The van der Waals surface area contributed by atoms with Crippen LogP contribution < -0.4 is 16.4 Å². The van der Waals surface area contributed by atoms with Crippen molar-refractivity contribution < 1.29 is 9.50 Å². The summed E-state index contributed by atoms with van der Waals surface area (Å²) < 4.78 is 13.9. The zero-order chi connectivity index (χ0) is 18.8. The van der Waals surface area contributed by atoms with E-state index in [9.17, 15) is 4.39 Å². The molecule has 26 heavy (non-hydrogen) atoms. The molecule has 0 saturated carbocycles. The minimum Gasteiger partial charge on any atom is -0.403 e. The van der Waals surface area contributed by atoms with E-state index in [4.69, 9.17) is 16.1 Å². The molecule has 0 radical (unpaired) electrons. The van der Waals surface area contributed by atoms with Crippen molar-refractivity contribution in [1.29, 1.82) is 5.26 Å². The van der Waals surface area contributed by atoms with Gasteiger partial charge in [0.25, 0.3) is 0 Å². The van der Waals surface area contributed by atoms with Crippen LogP contribution in [0.1, 0.15) is 11.1 Å². The minimum atomic E-state index is -0.612. The lowest BCUT2D eigenvalue weighted by Crippen LogP contribution is -2.10. The first-order valence-electron chi connectivity index (χ1n) is 7.71. The Hall–Kier alpha value is -3.51. The van der Waals surface area contributed by atoms with E-state index in [2.05, 4.69) is 31.7 Å². The Morgan fingerprint density at radius 1 is 1.46 bits per heavy atom. The van der Waals surface area contributed by atoms with Crippen molar-refractivity contribution in [1.82, 2.24) is 9.97 Å². The summed E-state index contributed by atoms with van der Waals surface area (Å²) in [5.74, 6) is -0.473. The first-order valence-corrected chi connectivity index (χ1v) is 7.71. The molecule has 1 aromatic heterocycles. The number of nitrogens with two attached hydrogens (primary N) is 1. The molecule has 0 amide bonds. The Morgan fingerprint density at radius 3 is 3.04 bits per heavy atom. The van der Waals surface area contributed by atoms with Gasteiger partial charge in [-0.15, -0.1) is 0 Å². The van der Waals surface area contributed by atoms with E-state index in [1.165, 1.54) is 12.4 Å². The van der Waals surface area contributed by atoms with Crippen molar-refractivity contribution in [2.24, 2.45) is 10.7 Å². The molecule has 0 atom stereocenters. The molecular weight excluding hydrogens is 337 g/mol. The minimum absolute atomic E-state index is 0.00790. The Morgan fingerprint density at radius 2 is 2.31 bits per heavy atom. The molecule has 0 bridgehead atoms. The molecule has 2 rings (SSSR count). The fourth-order valence-corrected chi connectivity index (χ4v) is 1.95. The number of nitrogens with one attached hydrogen (secondary N) is 2. The summed E-state index contributed by atoms with van der Waals surface area (Å²) in [7, 11) is 0. The van der Waals surface area contributed by atoms with Gasteiger partial charge in [0.15, 0.2) is 11.6 Å². The lowest BCUT2D eigenvalue weighted by Gasteiger charge is -2.10. The van der Waals surface area contributed by atoms with Gasteiger partial charge in [-0.2, -0.15) is 10.2 Å². The lowest BCUT2D eigenvalue weighted by molar-refractivity contribution is 0.307. The van der Waals surface area contributed by atoms with Gasteiger partial charge in [-0.3, -0.25) is 4.99 Å². The van der Waals surface area contributed by atoms with Crippen molar-refractivity contribution >= 4 is 18.0 Å². The Kier molecular flexibility index (Phi) is 7.03. The molecule has 9 heteroatoms. The number of halogens is 1. The van der Waals surface area contributed by atoms with Gasteiger partial charge in [-0.25, -0.2) is 9.37 Å². The van der Waals surface area contributed by atoms with E-state index in [0.29, 0.717) is 17.8 Å². The van der Waals surface area contributed by atoms with Gasteiger partial charge in [0, 0.05) is 19.0 Å². The molecule has 0 aliphatic carbocycles. The highest BCUT2D eigenvalue weighted by Crippen LogP contribution is 2.14. The van der Waals surface area contributed by atoms with Crippen LogP contribution in [-0.4, -0.2) is 34.4 Å². The predicted octanol–water partition coefficient (Wildman–Crippen LogP) is 1.37. The SMILES string of the molecule is N#Cc1cccc(CNc2nc(NC(C=NCCO)=CN)ncc2F)c1. The number of rotatable bonds is 8. The summed E-state index contributed by atoms with van der Waals surface area (Å²) in [5.41, 5.74) is 7.22. The third-order valence-corrected chi connectivity index (χ3v) is 3.16. The number of aliphatic imine (C=N–C) groups is 1. The largest absolute Gasteiger partial charge is 0.403 e. The molecule has 0 spiro atoms. The average Bonchev–Trinajstić information content (AvgIpc) is 2.67. The van der Waals surface area contributed by atoms with Crippen molar-refractivity contribution in [3.05, 3.63) is 59.3 Å². The zero-order valence-corrected chi connectivity index (χ0v) is 13.9. The van der Waals surface area contributed by atoms with Crippen LogP contribution in [-0.2, 0) is 6.54 Å². The topological polar surface area (TPSA) is 132 Å². The quantitative estimate of drug-likeness (QED) is 0.526. The van der Waals surface area contributed by atoms with Gasteiger partial charge >= 0.3 is 0 Å². The number of anilines is 2. The molecular formula is C17H18FN7O. The second-order valence-corrected chi connectivity index (χ2v) is 5.06. The maximum atomic E-state index is 13.9. The molecule has 0 unspecified atom stereocenters. The van der Waals surface area contributed by atoms with Crippen molar-refractivity contribution in [2.45, 2.75) is 6.54 Å². The predicted molar refractivity (Wildman–Crippen MR) is 96.8 cm³/mol. The van der Waals surface area contributed by atoms with Crippen LogP contribution in [0.15, 0.2) is 47.4 Å². The number of nitrogens with zero attached hydrogens (tertiary/aromatic N) is 4. The zero-order valence-electron chi connectivity index (χ0n) is 13.9. The van der Waals surface area contributed by atoms with Crippen LogP contribution in [0.25, 0.3) is 0 Å². The van der Waals surface area contributed by atoms with E-state index in [0.717, 1.165) is 11.8 Å². The van der Waals surface area contributed by atoms with Crippen LogP contribution in [0.4, 0.5) is 16.2 Å². The number of aliphatic hydroxyl groups excluding tert-OH is 1. The normalized spacial score (nSPS) is 11.3. The highest BCUT2D eigenvalue weighted by molar-refractivity contribution is 5.82. The van der Waals surface area contributed by atoms with Gasteiger partial charge in [0.1, 0.15) is 0 Å². The Labute approximate surface area is 149 Å². The van der Waals surface area contributed by atoms with Crippen LogP contribution >= 0.6 is 0 Å². The molecule has 134 valence electrons. The van der Waals surface area contributed by atoms with Gasteiger partial charge in [-0.1, -0.05) is 12.1 Å². The second-order valence-electron chi connectivity index (χ2n) is 5.06. The summed E-state index contributed by atoms with van der Waals surface area (Å²) >= 11 is 0. The molecule has 0 saturated heterocycles. The molecule has 2 aromatic rings. The summed E-state index contributed by atoms with van der Waals surface area (Å²) in [6, 6.07) is 9.02. The highest BCUT2D eigenvalue weighted by Gasteiger charge is 2.08. The summed E-state index contributed by atoms with van der Waals surface area (Å²) in [6.45, 7) is 0.445. The maximum absolute atomic E-state index is 13.9. The second kappa shape index (κ2) is 9.71. The van der Waals surface area contributed by atoms with Crippen molar-refractivity contribution in [3.8, 4) is 6.07 Å². The number of hydrogen-bond acceptors (Lipinski definition) is 8. The number of aromatic nitrogens is 2. The molecule has 0 fully saturated rings. The fourth-order valence-electron chi connectivity index (χ4n) is 1.95. The van der Waals surface area contributed by atoms with Crippen LogP contribution in [0, 0.1) is 17.1 Å². The van der Waals surface area contributed by atoms with Gasteiger partial charge in [0.05, 0.1) is 36.7 Å². The molecule has 1 aromatic carbocycles. The average molecular weight is 355 g/mol. The number of hydrogen-bond donors (Lipinski definition) is 4. The fraction of sp³-hybridized carbons (Fsp3) is 0.176. The number of benzene rings is 1. The van der Waals surface area contributed by atoms with E-state index in [1.807, 2.05) is 6.07 Å². The maximum Gasteiger partial charge on any atom is 0.229 e. The van der Waals surface area contributed by atoms with Crippen molar-refractivity contribution in [2.75, 3.05) is 23.8 Å². The molecule has 8 nitrogen and oxygen atoms in total. The third kappa shape index (κ3) is 5.54. The van der Waals surface area contributed by atoms with Gasteiger partial charge in [0.2, 0.25) is 5.95 Å². The molecule has 0 aliphatic rings. The smallest absolute Gasteiger partial charge is 0.229 e. The van der Waals surface area contributed by atoms with Crippen LogP contribution in [0.5, 0.6) is 0 Å². The number of allylic oxidation sites excluding steroid dienone is 1. The van der Waals surface area contributed by atoms with Crippen LogP contribution in [0.2, 0.25) is 0 Å². The van der Waals surface area contributed by atoms with Crippen LogP contribution in [0.3, 0.4) is 0 Å². The Balaban J connectivity index is 2.07. The van der Waals surface area contributed by atoms with E-state index in [1.54, 1.807) is 18.2 Å². The first-order chi connectivity index (χ1) is 12.7. The monoisotopic (exact) mass is 355 g/mol. The lowest BCUT2D eigenvalue weighted by atomic mass is 10.1. The highest BCUT2D eigenvalue weighted by atomic mass is 19.1. The Bertz CT molecular complexity index is 845. The third-order valence-electron chi connectivity index (χ3n) is 3.16.